The van der Waals surface area contributed by atoms with E-state index in [4.69, 9.17) is 5.11 Å². The van der Waals surface area contributed by atoms with Gasteiger partial charge in [-0.3, -0.25) is 0 Å². The third-order valence-corrected chi connectivity index (χ3v) is 2.51. The molecule has 1 rings (SSSR count). The fraction of sp³-hybridized carbons (Fsp3) is 0.417. The van der Waals surface area contributed by atoms with Gasteiger partial charge in [-0.15, -0.1) is 0 Å². The first kappa shape index (κ1) is 12.7. The summed E-state index contributed by atoms with van der Waals surface area (Å²) in [6.07, 6.45) is 0. The van der Waals surface area contributed by atoms with Crippen molar-refractivity contribution in [2.75, 3.05) is 6.54 Å². The van der Waals surface area contributed by atoms with E-state index in [9.17, 15) is 9.90 Å². The van der Waals surface area contributed by atoms with Crippen LogP contribution in [0.2, 0.25) is 0 Å². The molecule has 0 bridgehead atoms. The molecule has 1 unspecified atom stereocenters. The minimum atomic E-state index is -1.73. The predicted molar refractivity (Wildman–Crippen MR) is 61.1 cm³/mol. The van der Waals surface area contributed by atoms with Gasteiger partial charge >= 0.3 is 5.97 Å². The number of benzene rings is 1. The Bertz CT molecular complexity index is 349. The molecule has 0 aromatic heterocycles. The second-order valence-corrected chi connectivity index (χ2v) is 4.09. The maximum Gasteiger partial charge on any atom is 0.336 e. The van der Waals surface area contributed by atoms with Crippen LogP contribution in [0.4, 0.5) is 0 Å². The van der Waals surface area contributed by atoms with Crippen LogP contribution in [0.25, 0.3) is 0 Å². The summed E-state index contributed by atoms with van der Waals surface area (Å²) in [5.74, 6) is -1.22. The first-order valence-corrected chi connectivity index (χ1v) is 5.17. The third-order valence-electron chi connectivity index (χ3n) is 2.51. The summed E-state index contributed by atoms with van der Waals surface area (Å²) < 4.78 is 0. The van der Waals surface area contributed by atoms with Crippen molar-refractivity contribution < 1.29 is 15.0 Å². The summed E-state index contributed by atoms with van der Waals surface area (Å²) in [6, 6.07) is 9.67. The normalized spacial score (nSPS) is 16.4. The summed E-state index contributed by atoms with van der Waals surface area (Å²) in [4.78, 5) is 10.7. The van der Waals surface area contributed by atoms with Crippen LogP contribution < -0.4 is 5.32 Å². The maximum atomic E-state index is 10.7. The van der Waals surface area contributed by atoms with Crippen molar-refractivity contribution in [3.63, 3.8) is 0 Å². The first-order chi connectivity index (χ1) is 7.43. The summed E-state index contributed by atoms with van der Waals surface area (Å²) in [7, 11) is 0. The maximum absolute atomic E-state index is 10.7. The number of hydrogen-bond acceptors (Lipinski definition) is 3. The number of carbonyl (C=O) groups is 1. The number of aliphatic carboxylic acids is 1. The minimum Gasteiger partial charge on any atom is -0.479 e. The van der Waals surface area contributed by atoms with E-state index >= 15 is 0 Å². The molecule has 0 fully saturated rings. The quantitative estimate of drug-likeness (QED) is 0.701. The van der Waals surface area contributed by atoms with Gasteiger partial charge in [0.2, 0.25) is 0 Å². The van der Waals surface area contributed by atoms with Crippen molar-refractivity contribution in [2.24, 2.45) is 0 Å². The molecule has 4 nitrogen and oxygen atoms in total. The Hall–Kier alpha value is -1.39. The molecule has 2 atom stereocenters. The molecule has 0 spiro atoms. The molecule has 16 heavy (non-hydrogen) atoms. The van der Waals surface area contributed by atoms with Crippen molar-refractivity contribution in [1.29, 1.82) is 0 Å². The number of carboxylic acids is 1. The Balaban J connectivity index is 2.54. The van der Waals surface area contributed by atoms with Crippen LogP contribution in [0.3, 0.4) is 0 Å². The molecule has 88 valence electrons. The molecule has 0 aliphatic heterocycles. The number of carboxylic acid groups (broad SMARTS) is 1. The molecule has 3 N–H and O–H groups in total. The van der Waals surface area contributed by atoms with E-state index in [1.807, 2.05) is 37.3 Å². The van der Waals surface area contributed by atoms with Gasteiger partial charge < -0.3 is 15.5 Å². The predicted octanol–water partition coefficient (Wildman–Crippen LogP) is 1.17. The lowest BCUT2D eigenvalue weighted by molar-refractivity contribution is -0.156. The van der Waals surface area contributed by atoms with E-state index in [1.165, 1.54) is 6.92 Å². The van der Waals surface area contributed by atoms with Gasteiger partial charge in [0.15, 0.2) is 5.60 Å². The lowest BCUT2D eigenvalue weighted by atomic mass is 10.1. The topological polar surface area (TPSA) is 69.6 Å². The molecule has 0 aliphatic rings. The SMILES string of the molecule is C[C@H](NCC(C)(O)C(=O)O)c1ccccc1. The van der Waals surface area contributed by atoms with Gasteiger partial charge in [-0.25, -0.2) is 4.79 Å². The molecule has 1 aromatic rings. The molecule has 0 saturated heterocycles. The number of aliphatic hydroxyl groups is 1. The average molecular weight is 223 g/mol. The van der Waals surface area contributed by atoms with E-state index in [1.54, 1.807) is 0 Å². The van der Waals surface area contributed by atoms with Crippen LogP contribution in [0, 0.1) is 0 Å². The molecule has 0 saturated carbocycles. The molecule has 4 heteroatoms. The second-order valence-electron chi connectivity index (χ2n) is 4.09. The lowest BCUT2D eigenvalue weighted by Gasteiger charge is -2.22. The van der Waals surface area contributed by atoms with E-state index < -0.39 is 11.6 Å². The van der Waals surface area contributed by atoms with E-state index in [2.05, 4.69) is 5.32 Å². The monoisotopic (exact) mass is 223 g/mol. The molecular weight excluding hydrogens is 206 g/mol. The summed E-state index contributed by atoms with van der Waals surface area (Å²) in [5.41, 5.74) is -0.674. The highest BCUT2D eigenvalue weighted by Gasteiger charge is 2.29. The zero-order chi connectivity index (χ0) is 12.2. The third kappa shape index (κ3) is 3.32. The largest absolute Gasteiger partial charge is 0.479 e. The van der Waals surface area contributed by atoms with Gasteiger partial charge in [0.25, 0.3) is 0 Å². The molecule has 0 aliphatic carbocycles. The molecule has 0 heterocycles. The van der Waals surface area contributed by atoms with Crippen LogP contribution in [-0.4, -0.2) is 28.3 Å². The number of hydrogen-bond donors (Lipinski definition) is 3. The minimum absolute atomic E-state index is 0.00650. The smallest absolute Gasteiger partial charge is 0.336 e. The highest BCUT2D eigenvalue weighted by atomic mass is 16.4. The summed E-state index contributed by atoms with van der Waals surface area (Å²) in [5, 5.41) is 21.2. The van der Waals surface area contributed by atoms with Crippen LogP contribution in [0.1, 0.15) is 25.5 Å². The highest BCUT2D eigenvalue weighted by molar-refractivity contribution is 5.76. The van der Waals surface area contributed by atoms with E-state index in [0.717, 1.165) is 5.56 Å². The highest BCUT2D eigenvalue weighted by Crippen LogP contribution is 2.12. The Kier molecular flexibility index (Phi) is 4.04. The van der Waals surface area contributed by atoms with Crippen molar-refractivity contribution in [1.82, 2.24) is 5.32 Å². The van der Waals surface area contributed by atoms with Crippen LogP contribution in [-0.2, 0) is 4.79 Å². The first-order valence-electron chi connectivity index (χ1n) is 5.17. The summed E-state index contributed by atoms with van der Waals surface area (Å²) >= 11 is 0. The van der Waals surface area contributed by atoms with Gasteiger partial charge in [-0.1, -0.05) is 30.3 Å². The van der Waals surface area contributed by atoms with Crippen LogP contribution in [0.15, 0.2) is 30.3 Å². The Morgan fingerprint density at radius 3 is 2.50 bits per heavy atom. The van der Waals surface area contributed by atoms with Gasteiger partial charge in [0.05, 0.1) is 0 Å². The number of nitrogens with one attached hydrogen (secondary N) is 1. The number of rotatable bonds is 5. The lowest BCUT2D eigenvalue weighted by Crippen LogP contribution is -2.45. The molecule has 1 aromatic carbocycles. The summed E-state index contributed by atoms with van der Waals surface area (Å²) in [6.45, 7) is 3.21. The average Bonchev–Trinajstić information content (AvgIpc) is 2.27. The van der Waals surface area contributed by atoms with Gasteiger partial charge in [-0.05, 0) is 19.4 Å². The fourth-order valence-corrected chi connectivity index (χ4v) is 1.29. The standard InChI is InChI=1S/C12H17NO3/c1-9(10-6-4-3-5-7-10)13-8-12(2,16)11(14)15/h3-7,9,13,16H,8H2,1-2H3,(H,14,15)/t9-,12?/m0/s1. The zero-order valence-corrected chi connectivity index (χ0v) is 9.47. The van der Waals surface area contributed by atoms with Crippen molar-refractivity contribution in [3.05, 3.63) is 35.9 Å². The second kappa shape index (κ2) is 5.09. The molecular formula is C12H17NO3. The Labute approximate surface area is 94.9 Å². The molecule has 0 radical (unpaired) electrons. The zero-order valence-electron chi connectivity index (χ0n) is 9.47. The van der Waals surface area contributed by atoms with Crippen molar-refractivity contribution in [2.45, 2.75) is 25.5 Å². The van der Waals surface area contributed by atoms with Gasteiger partial charge in [-0.2, -0.15) is 0 Å². The van der Waals surface area contributed by atoms with Crippen molar-refractivity contribution >= 4 is 5.97 Å². The Morgan fingerprint density at radius 2 is 2.00 bits per heavy atom. The van der Waals surface area contributed by atoms with Crippen LogP contribution in [0.5, 0.6) is 0 Å². The van der Waals surface area contributed by atoms with Gasteiger partial charge in [0.1, 0.15) is 0 Å². The van der Waals surface area contributed by atoms with Gasteiger partial charge in [0, 0.05) is 12.6 Å². The fourth-order valence-electron chi connectivity index (χ4n) is 1.29. The Morgan fingerprint density at radius 1 is 1.44 bits per heavy atom. The van der Waals surface area contributed by atoms with E-state index in [0.29, 0.717) is 0 Å². The van der Waals surface area contributed by atoms with Crippen LogP contribution >= 0.6 is 0 Å². The molecule has 0 amide bonds. The van der Waals surface area contributed by atoms with E-state index in [-0.39, 0.29) is 12.6 Å². The van der Waals surface area contributed by atoms with Crippen molar-refractivity contribution in [3.8, 4) is 0 Å².